The molecule has 0 aliphatic carbocycles. The van der Waals surface area contributed by atoms with Gasteiger partial charge in [-0.15, -0.1) is 0 Å². The zero-order chi connectivity index (χ0) is 14.6. The van der Waals surface area contributed by atoms with Crippen LogP contribution in [0.5, 0.6) is 0 Å². The summed E-state index contributed by atoms with van der Waals surface area (Å²) >= 11 is 3.47. The van der Waals surface area contributed by atoms with Crippen molar-refractivity contribution in [3.8, 4) is 0 Å². The van der Waals surface area contributed by atoms with E-state index >= 15 is 0 Å². The molecule has 0 spiro atoms. The van der Waals surface area contributed by atoms with Crippen LogP contribution >= 0.6 is 15.9 Å². The van der Waals surface area contributed by atoms with Crippen LogP contribution in [0.2, 0.25) is 0 Å². The molecule has 1 amide bonds. The van der Waals surface area contributed by atoms with Gasteiger partial charge in [-0.25, -0.2) is 0 Å². The van der Waals surface area contributed by atoms with E-state index in [0.29, 0.717) is 12.5 Å². The molecule has 0 radical (unpaired) electrons. The summed E-state index contributed by atoms with van der Waals surface area (Å²) in [5, 5.41) is 6.21. The van der Waals surface area contributed by atoms with Crippen molar-refractivity contribution in [2.45, 2.75) is 40.7 Å². The predicted octanol–water partition coefficient (Wildman–Crippen LogP) is 3.64. The van der Waals surface area contributed by atoms with Gasteiger partial charge in [-0.1, -0.05) is 29.8 Å². The van der Waals surface area contributed by atoms with Gasteiger partial charge in [-0.2, -0.15) is 0 Å². The molecule has 2 N–H and O–H groups in total. The molecule has 0 fully saturated rings. The highest BCUT2D eigenvalue weighted by atomic mass is 79.9. The molecule has 0 aromatic heterocycles. The predicted molar refractivity (Wildman–Crippen MR) is 84.5 cm³/mol. The zero-order valence-corrected chi connectivity index (χ0v) is 13.9. The Balaban J connectivity index is 2.60. The Morgan fingerprint density at radius 2 is 1.74 bits per heavy atom. The van der Waals surface area contributed by atoms with Crippen LogP contribution in [0.4, 0.5) is 5.69 Å². The SMILES string of the molecule is Cc1cc(Br)cc(C)c1NCC(=O)NC(C)C(C)C. The highest BCUT2D eigenvalue weighted by Gasteiger charge is 2.11. The fraction of sp³-hybridized carbons (Fsp3) is 0.533. The van der Waals surface area contributed by atoms with Crippen LogP contribution in [0.15, 0.2) is 16.6 Å². The molecule has 106 valence electrons. The number of aryl methyl sites for hydroxylation is 2. The van der Waals surface area contributed by atoms with E-state index in [4.69, 9.17) is 0 Å². The van der Waals surface area contributed by atoms with Gasteiger partial charge < -0.3 is 10.6 Å². The molecule has 1 aromatic carbocycles. The van der Waals surface area contributed by atoms with Crippen LogP contribution in [0.3, 0.4) is 0 Å². The van der Waals surface area contributed by atoms with Crippen molar-refractivity contribution < 1.29 is 4.79 Å². The largest absolute Gasteiger partial charge is 0.376 e. The highest BCUT2D eigenvalue weighted by Crippen LogP contribution is 2.24. The summed E-state index contributed by atoms with van der Waals surface area (Å²) in [6.07, 6.45) is 0. The number of hydrogen-bond donors (Lipinski definition) is 2. The van der Waals surface area contributed by atoms with E-state index in [1.807, 2.05) is 32.9 Å². The smallest absolute Gasteiger partial charge is 0.239 e. The van der Waals surface area contributed by atoms with Crippen LogP contribution in [0.1, 0.15) is 31.9 Å². The fourth-order valence-electron chi connectivity index (χ4n) is 1.83. The van der Waals surface area contributed by atoms with Gasteiger partial charge in [0.05, 0.1) is 6.54 Å². The maximum atomic E-state index is 11.8. The van der Waals surface area contributed by atoms with E-state index in [9.17, 15) is 4.79 Å². The number of carbonyl (C=O) groups excluding carboxylic acids is 1. The first-order valence-corrected chi connectivity index (χ1v) is 7.40. The lowest BCUT2D eigenvalue weighted by Crippen LogP contribution is -2.39. The summed E-state index contributed by atoms with van der Waals surface area (Å²) in [5.74, 6) is 0.475. The third-order valence-electron chi connectivity index (χ3n) is 3.31. The van der Waals surface area contributed by atoms with Gasteiger partial charge >= 0.3 is 0 Å². The molecule has 0 heterocycles. The molecule has 0 saturated heterocycles. The first-order valence-electron chi connectivity index (χ1n) is 6.61. The lowest BCUT2D eigenvalue weighted by molar-refractivity contribution is -0.120. The van der Waals surface area contributed by atoms with Crippen molar-refractivity contribution in [1.82, 2.24) is 5.32 Å². The molecule has 1 rings (SSSR count). The van der Waals surface area contributed by atoms with Gasteiger partial charge in [0.1, 0.15) is 0 Å². The van der Waals surface area contributed by atoms with E-state index in [1.54, 1.807) is 0 Å². The number of rotatable bonds is 5. The molecular formula is C15H23BrN2O. The number of hydrogen-bond acceptors (Lipinski definition) is 2. The van der Waals surface area contributed by atoms with Gasteiger partial charge in [0.2, 0.25) is 5.91 Å². The monoisotopic (exact) mass is 326 g/mol. The highest BCUT2D eigenvalue weighted by molar-refractivity contribution is 9.10. The molecule has 0 bridgehead atoms. The van der Waals surface area contributed by atoms with Crippen LogP contribution in [-0.4, -0.2) is 18.5 Å². The minimum absolute atomic E-state index is 0.0305. The Kier molecular flexibility index (Phi) is 5.85. The molecule has 3 nitrogen and oxygen atoms in total. The van der Waals surface area contributed by atoms with Gasteiger partial charge in [-0.05, 0) is 49.9 Å². The molecule has 1 aromatic rings. The third kappa shape index (κ3) is 4.86. The second kappa shape index (κ2) is 6.94. The molecule has 0 aliphatic heterocycles. The van der Waals surface area contributed by atoms with E-state index < -0.39 is 0 Å². The Labute approximate surface area is 124 Å². The van der Waals surface area contributed by atoms with Crippen molar-refractivity contribution in [2.75, 3.05) is 11.9 Å². The van der Waals surface area contributed by atoms with Gasteiger partial charge in [-0.3, -0.25) is 4.79 Å². The van der Waals surface area contributed by atoms with Gasteiger partial charge in [0.25, 0.3) is 0 Å². The van der Waals surface area contributed by atoms with Crippen molar-refractivity contribution in [3.05, 3.63) is 27.7 Å². The molecule has 1 unspecified atom stereocenters. The first-order chi connectivity index (χ1) is 8.81. The van der Waals surface area contributed by atoms with Crippen LogP contribution in [0, 0.1) is 19.8 Å². The normalized spacial score (nSPS) is 12.4. The van der Waals surface area contributed by atoms with E-state index in [0.717, 1.165) is 21.3 Å². The number of halogens is 1. The van der Waals surface area contributed by atoms with Crippen molar-refractivity contribution in [1.29, 1.82) is 0 Å². The second-order valence-corrected chi connectivity index (χ2v) is 6.28. The number of amides is 1. The maximum absolute atomic E-state index is 11.8. The summed E-state index contributed by atoms with van der Waals surface area (Å²) in [5.41, 5.74) is 3.31. The number of benzene rings is 1. The summed E-state index contributed by atoms with van der Waals surface area (Å²) < 4.78 is 1.06. The van der Waals surface area contributed by atoms with E-state index in [2.05, 4.69) is 40.4 Å². The summed E-state index contributed by atoms with van der Waals surface area (Å²) in [6.45, 7) is 10.6. The summed E-state index contributed by atoms with van der Waals surface area (Å²) in [7, 11) is 0. The first kappa shape index (κ1) is 16.0. The van der Waals surface area contributed by atoms with Crippen LogP contribution in [0.25, 0.3) is 0 Å². The molecule has 0 aliphatic rings. The van der Waals surface area contributed by atoms with Gasteiger partial charge in [0, 0.05) is 16.2 Å². The zero-order valence-electron chi connectivity index (χ0n) is 12.3. The molecule has 0 saturated carbocycles. The van der Waals surface area contributed by atoms with Crippen molar-refractivity contribution in [2.24, 2.45) is 5.92 Å². The minimum Gasteiger partial charge on any atom is -0.376 e. The minimum atomic E-state index is 0.0305. The Hall–Kier alpha value is -1.03. The lowest BCUT2D eigenvalue weighted by Gasteiger charge is -2.18. The van der Waals surface area contributed by atoms with Crippen LogP contribution in [-0.2, 0) is 4.79 Å². The van der Waals surface area contributed by atoms with Gasteiger partial charge in [0.15, 0.2) is 0 Å². The van der Waals surface area contributed by atoms with Crippen molar-refractivity contribution >= 4 is 27.5 Å². The Bertz CT molecular complexity index is 434. The second-order valence-electron chi connectivity index (χ2n) is 5.37. The fourth-order valence-corrected chi connectivity index (χ4v) is 2.52. The quantitative estimate of drug-likeness (QED) is 0.867. The molecule has 1 atom stereocenters. The number of anilines is 1. The summed E-state index contributed by atoms with van der Waals surface area (Å²) in [4.78, 5) is 11.8. The topological polar surface area (TPSA) is 41.1 Å². The molecule has 19 heavy (non-hydrogen) atoms. The molecule has 4 heteroatoms. The number of carbonyl (C=O) groups is 1. The average Bonchev–Trinajstić information content (AvgIpc) is 2.27. The Morgan fingerprint density at radius 1 is 1.21 bits per heavy atom. The van der Waals surface area contributed by atoms with Crippen molar-refractivity contribution in [3.63, 3.8) is 0 Å². The average molecular weight is 327 g/mol. The standard InChI is InChI=1S/C15H23BrN2O/c1-9(2)12(5)18-14(19)8-17-15-10(3)6-13(16)7-11(15)4/h6-7,9,12,17H,8H2,1-5H3,(H,18,19). The van der Waals surface area contributed by atoms with Crippen LogP contribution < -0.4 is 10.6 Å². The Morgan fingerprint density at radius 3 is 2.21 bits per heavy atom. The maximum Gasteiger partial charge on any atom is 0.239 e. The third-order valence-corrected chi connectivity index (χ3v) is 3.77. The number of nitrogens with one attached hydrogen (secondary N) is 2. The molecular weight excluding hydrogens is 304 g/mol. The summed E-state index contributed by atoms with van der Waals surface area (Å²) in [6, 6.07) is 4.29. The lowest BCUT2D eigenvalue weighted by atomic mass is 10.1. The van der Waals surface area contributed by atoms with E-state index in [1.165, 1.54) is 0 Å². The van der Waals surface area contributed by atoms with E-state index in [-0.39, 0.29) is 11.9 Å².